The predicted molar refractivity (Wildman–Crippen MR) is 78.2 cm³/mol. The minimum absolute atomic E-state index is 0.116. The Morgan fingerprint density at radius 2 is 1.95 bits per heavy atom. The molecule has 6 heteroatoms. The molecule has 0 aliphatic carbocycles. The summed E-state index contributed by atoms with van der Waals surface area (Å²) in [7, 11) is 0. The maximum Gasteiger partial charge on any atom is 0.333 e. The normalized spacial score (nSPS) is 13.2. The standard InChI is InChI=1S/C14H22N2O4/c1-9(2)20-12-8-6-7-11(13(12)16(18)19)15-14(4,5)10(3)17/h6-10,15,17H,1-5H3. The molecule has 0 radical (unpaired) electrons. The molecule has 0 saturated carbocycles. The second kappa shape index (κ2) is 6.09. The molecule has 1 atom stereocenters. The van der Waals surface area contributed by atoms with Crippen LogP contribution >= 0.6 is 0 Å². The van der Waals surface area contributed by atoms with Crippen molar-refractivity contribution < 1.29 is 14.8 Å². The van der Waals surface area contributed by atoms with Gasteiger partial charge in [-0.2, -0.15) is 0 Å². The predicted octanol–water partition coefficient (Wildman–Crippen LogP) is 2.95. The number of aliphatic hydroxyl groups excluding tert-OH is 1. The van der Waals surface area contributed by atoms with Crippen molar-refractivity contribution in [1.82, 2.24) is 0 Å². The summed E-state index contributed by atoms with van der Waals surface area (Å²) in [6.45, 7) is 8.80. The quantitative estimate of drug-likeness (QED) is 0.619. The van der Waals surface area contributed by atoms with E-state index >= 15 is 0 Å². The first-order valence-electron chi connectivity index (χ1n) is 6.55. The highest BCUT2D eigenvalue weighted by molar-refractivity contribution is 5.69. The number of nitrogens with zero attached hydrogens (tertiary/aromatic N) is 1. The molecule has 1 unspecified atom stereocenters. The van der Waals surface area contributed by atoms with E-state index in [1.807, 2.05) is 13.8 Å². The minimum atomic E-state index is -0.693. The van der Waals surface area contributed by atoms with Gasteiger partial charge in [0.05, 0.1) is 22.7 Å². The largest absolute Gasteiger partial charge is 0.484 e. The Bertz CT molecular complexity index is 484. The van der Waals surface area contributed by atoms with Crippen molar-refractivity contribution in [2.45, 2.75) is 52.4 Å². The average Bonchev–Trinajstić information content (AvgIpc) is 2.26. The molecule has 0 heterocycles. The summed E-state index contributed by atoms with van der Waals surface area (Å²) in [5.41, 5.74) is -0.477. The Hall–Kier alpha value is -1.82. The van der Waals surface area contributed by atoms with Crippen molar-refractivity contribution >= 4 is 11.4 Å². The van der Waals surface area contributed by atoms with E-state index in [1.165, 1.54) is 0 Å². The third-order valence-corrected chi connectivity index (χ3v) is 3.05. The first-order valence-corrected chi connectivity index (χ1v) is 6.55. The Kier molecular flexibility index (Phi) is 4.94. The second-order valence-electron chi connectivity index (χ2n) is 5.60. The van der Waals surface area contributed by atoms with E-state index in [1.54, 1.807) is 39.0 Å². The fourth-order valence-corrected chi connectivity index (χ4v) is 1.61. The number of nitrogens with one attached hydrogen (secondary N) is 1. The molecule has 20 heavy (non-hydrogen) atoms. The van der Waals surface area contributed by atoms with Crippen molar-refractivity contribution in [3.05, 3.63) is 28.3 Å². The highest BCUT2D eigenvalue weighted by Crippen LogP contribution is 2.37. The van der Waals surface area contributed by atoms with Crippen LogP contribution in [0.4, 0.5) is 11.4 Å². The zero-order valence-corrected chi connectivity index (χ0v) is 12.5. The van der Waals surface area contributed by atoms with Gasteiger partial charge in [0.15, 0.2) is 5.75 Å². The van der Waals surface area contributed by atoms with Gasteiger partial charge in [-0.05, 0) is 46.8 Å². The number of anilines is 1. The van der Waals surface area contributed by atoms with Gasteiger partial charge >= 0.3 is 5.69 Å². The first-order chi connectivity index (χ1) is 9.15. The molecule has 112 valence electrons. The Morgan fingerprint density at radius 3 is 2.40 bits per heavy atom. The van der Waals surface area contributed by atoms with Crippen LogP contribution in [0.5, 0.6) is 5.75 Å². The number of rotatable bonds is 6. The Labute approximate surface area is 118 Å². The lowest BCUT2D eigenvalue weighted by atomic mass is 9.98. The topological polar surface area (TPSA) is 84.6 Å². The summed E-state index contributed by atoms with van der Waals surface area (Å²) in [6.07, 6.45) is -0.828. The second-order valence-corrected chi connectivity index (χ2v) is 5.60. The smallest absolute Gasteiger partial charge is 0.333 e. The summed E-state index contributed by atoms with van der Waals surface area (Å²) in [4.78, 5) is 10.8. The lowest BCUT2D eigenvalue weighted by molar-refractivity contribution is -0.385. The minimum Gasteiger partial charge on any atom is -0.484 e. The molecule has 0 aliphatic heterocycles. The van der Waals surface area contributed by atoms with Crippen LogP contribution in [0.15, 0.2) is 18.2 Å². The van der Waals surface area contributed by atoms with Gasteiger partial charge in [-0.1, -0.05) is 6.07 Å². The van der Waals surface area contributed by atoms with E-state index in [9.17, 15) is 15.2 Å². The van der Waals surface area contributed by atoms with Gasteiger partial charge in [0.1, 0.15) is 5.69 Å². The monoisotopic (exact) mass is 282 g/mol. The maximum absolute atomic E-state index is 11.3. The van der Waals surface area contributed by atoms with Crippen LogP contribution in [0.3, 0.4) is 0 Å². The number of nitro benzene ring substituents is 1. The molecule has 1 rings (SSSR count). The maximum atomic E-state index is 11.3. The lowest BCUT2D eigenvalue weighted by Gasteiger charge is -2.30. The Morgan fingerprint density at radius 1 is 1.35 bits per heavy atom. The van der Waals surface area contributed by atoms with E-state index in [-0.39, 0.29) is 17.5 Å². The molecule has 2 N–H and O–H groups in total. The molecule has 1 aromatic carbocycles. The third-order valence-electron chi connectivity index (χ3n) is 3.05. The van der Waals surface area contributed by atoms with Crippen LogP contribution in [-0.2, 0) is 0 Å². The zero-order valence-electron chi connectivity index (χ0n) is 12.5. The first kappa shape index (κ1) is 16.2. The van der Waals surface area contributed by atoms with Crippen molar-refractivity contribution in [2.75, 3.05) is 5.32 Å². The molecule has 0 amide bonds. The zero-order chi connectivity index (χ0) is 15.5. The lowest BCUT2D eigenvalue weighted by Crippen LogP contribution is -2.42. The van der Waals surface area contributed by atoms with Gasteiger partial charge in [-0.3, -0.25) is 10.1 Å². The highest BCUT2D eigenvalue weighted by Gasteiger charge is 2.29. The van der Waals surface area contributed by atoms with E-state index in [4.69, 9.17) is 4.74 Å². The van der Waals surface area contributed by atoms with Gasteiger partial charge < -0.3 is 15.2 Å². The van der Waals surface area contributed by atoms with Gasteiger partial charge in [-0.15, -0.1) is 0 Å². The summed E-state index contributed by atoms with van der Waals surface area (Å²) < 4.78 is 5.48. The van der Waals surface area contributed by atoms with Crippen LogP contribution in [0.25, 0.3) is 0 Å². The number of ether oxygens (including phenoxy) is 1. The highest BCUT2D eigenvalue weighted by atomic mass is 16.6. The van der Waals surface area contributed by atoms with Crippen molar-refractivity contribution in [3.8, 4) is 5.75 Å². The van der Waals surface area contributed by atoms with Gasteiger partial charge in [0.25, 0.3) is 0 Å². The number of hydrogen-bond acceptors (Lipinski definition) is 5. The summed E-state index contributed by atoms with van der Waals surface area (Å²) in [5.74, 6) is 0.219. The third kappa shape index (κ3) is 3.84. The number of para-hydroxylation sites is 1. The molecule has 0 fully saturated rings. The van der Waals surface area contributed by atoms with Crippen LogP contribution in [0.1, 0.15) is 34.6 Å². The van der Waals surface area contributed by atoms with Gasteiger partial charge in [0.2, 0.25) is 0 Å². The van der Waals surface area contributed by atoms with E-state index in [0.717, 1.165) is 0 Å². The van der Waals surface area contributed by atoms with E-state index < -0.39 is 16.6 Å². The van der Waals surface area contributed by atoms with Crippen LogP contribution in [0, 0.1) is 10.1 Å². The summed E-state index contributed by atoms with van der Waals surface area (Å²) in [5, 5.41) is 24.0. The van der Waals surface area contributed by atoms with E-state index in [2.05, 4.69) is 5.32 Å². The van der Waals surface area contributed by atoms with Crippen molar-refractivity contribution in [2.24, 2.45) is 0 Å². The summed E-state index contributed by atoms with van der Waals surface area (Å²) >= 11 is 0. The number of nitro groups is 1. The van der Waals surface area contributed by atoms with Gasteiger partial charge in [-0.25, -0.2) is 0 Å². The molecular formula is C14H22N2O4. The summed E-state index contributed by atoms with van der Waals surface area (Å²) in [6, 6.07) is 4.86. The molecule has 0 saturated heterocycles. The van der Waals surface area contributed by atoms with Crippen LogP contribution in [0.2, 0.25) is 0 Å². The molecule has 0 aliphatic rings. The number of hydrogen-bond donors (Lipinski definition) is 2. The molecule has 0 spiro atoms. The fraction of sp³-hybridized carbons (Fsp3) is 0.571. The fourth-order valence-electron chi connectivity index (χ4n) is 1.61. The van der Waals surface area contributed by atoms with Crippen LogP contribution in [-0.4, -0.2) is 27.8 Å². The molecule has 0 bridgehead atoms. The molecule has 1 aromatic rings. The van der Waals surface area contributed by atoms with Crippen LogP contribution < -0.4 is 10.1 Å². The van der Waals surface area contributed by atoms with Crippen molar-refractivity contribution in [1.29, 1.82) is 0 Å². The van der Waals surface area contributed by atoms with Crippen molar-refractivity contribution in [3.63, 3.8) is 0 Å². The number of benzene rings is 1. The number of aliphatic hydroxyl groups is 1. The SMILES string of the molecule is CC(C)Oc1cccc(NC(C)(C)C(C)O)c1[N+](=O)[O-]. The molecule has 0 aromatic heterocycles. The Balaban J connectivity index is 3.23. The average molecular weight is 282 g/mol. The molecular weight excluding hydrogens is 260 g/mol. The molecule has 6 nitrogen and oxygen atoms in total. The van der Waals surface area contributed by atoms with E-state index in [0.29, 0.717) is 5.69 Å². The van der Waals surface area contributed by atoms with Gasteiger partial charge in [0, 0.05) is 0 Å².